The first kappa shape index (κ1) is 14.9. The van der Waals surface area contributed by atoms with Crippen molar-refractivity contribution in [1.82, 2.24) is 0 Å². The van der Waals surface area contributed by atoms with Gasteiger partial charge in [0.15, 0.2) is 0 Å². The lowest BCUT2D eigenvalue weighted by Gasteiger charge is -2.10. The van der Waals surface area contributed by atoms with Crippen molar-refractivity contribution in [2.24, 2.45) is 0 Å². The van der Waals surface area contributed by atoms with Crippen LogP contribution < -0.4 is 9.47 Å². The molecular weight excluding hydrogens is 268 g/mol. The molecule has 0 radical (unpaired) electrons. The van der Waals surface area contributed by atoms with Crippen LogP contribution in [0, 0.1) is 0 Å². The van der Waals surface area contributed by atoms with Crippen molar-refractivity contribution in [3.63, 3.8) is 0 Å². The molecule has 0 N–H and O–H groups in total. The fraction of sp³-hybridized carbons (Fsp3) is 0.235. The maximum Gasteiger partial charge on any atom is 0.310 e. The van der Waals surface area contributed by atoms with E-state index in [1.807, 2.05) is 30.3 Å². The number of hydrogen-bond donors (Lipinski definition) is 0. The molecule has 0 aromatic heterocycles. The number of hydrogen-bond acceptors (Lipinski definition) is 4. The van der Waals surface area contributed by atoms with Crippen molar-refractivity contribution < 1.29 is 19.0 Å². The van der Waals surface area contributed by atoms with E-state index in [9.17, 15) is 4.79 Å². The molecule has 2 aromatic carbocycles. The highest BCUT2D eigenvalue weighted by Crippen LogP contribution is 2.24. The van der Waals surface area contributed by atoms with Gasteiger partial charge < -0.3 is 14.2 Å². The predicted octanol–water partition coefficient (Wildman–Crippen LogP) is 2.99. The third-order valence-corrected chi connectivity index (χ3v) is 3.07. The van der Waals surface area contributed by atoms with E-state index in [0.29, 0.717) is 11.5 Å². The molecule has 0 fully saturated rings. The molecular formula is C17H18O4. The molecule has 4 heteroatoms. The highest BCUT2D eigenvalue weighted by Gasteiger charge is 2.11. The molecule has 0 unspecified atom stereocenters. The monoisotopic (exact) mass is 286 g/mol. The molecule has 2 rings (SSSR count). The lowest BCUT2D eigenvalue weighted by Crippen LogP contribution is -2.09. The minimum absolute atomic E-state index is 0.146. The van der Waals surface area contributed by atoms with Crippen molar-refractivity contribution in [3.8, 4) is 11.5 Å². The SMILES string of the molecule is COc1ccc(OC)c(CC(=O)OCc2ccccc2)c1. The third kappa shape index (κ3) is 4.24. The highest BCUT2D eigenvalue weighted by atomic mass is 16.5. The second-order valence-electron chi connectivity index (χ2n) is 4.50. The van der Waals surface area contributed by atoms with Gasteiger partial charge in [0.25, 0.3) is 0 Å². The van der Waals surface area contributed by atoms with Gasteiger partial charge >= 0.3 is 5.97 Å². The van der Waals surface area contributed by atoms with E-state index in [1.165, 1.54) is 0 Å². The van der Waals surface area contributed by atoms with E-state index in [0.717, 1.165) is 11.1 Å². The minimum Gasteiger partial charge on any atom is -0.497 e. The number of benzene rings is 2. The van der Waals surface area contributed by atoms with E-state index in [-0.39, 0.29) is 19.0 Å². The quantitative estimate of drug-likeness (QED) is 0.766. The Kier molecular flexibility index (Phi) is 5.21. The van der Waals surface area contributed by atoms with Crippen molar-refractivity contribution in [2.45, 2.75) is 13.0 Å². The van der Waals surface area contributed by atoms with Gasteiger partial charge in [-0.05, 0) is 23.8 Å². The zero-order chi connectivity index (χ0) is 15.1. The molecule has 110 valence electrons. The van der Waals surface area contributed by atoms with Gasteiger partial charge in [0.1, 0.15) is 18.1 Å². The van der Waals surface area contributed by atoms with Gasteiger partial charge in [0, 0.05) is 5.56 Å². The van der Waals surface area contributed by atoms with Crippen LogP contribution in [0.15, 0.2) is 48.5 Å². The zero-order valence-corrected chi connectivity index (χ0v) is 12.2. The molecule has 0 aliphatic carbocycles. The number of esters is 1. The van der Waals surface area contributed by atoms with Gasteiger partial charge in [-0.15, -0.1) is 0 Å². The van der Waals surface area contributed by atoms with Crippen molar-refractivity contribution in [2.75, 3.05) is 14.2 Å². The summed E-state index contributed by atoms with van der Waals surface area (Å²) in [5.74, 6) is 1.03. The van der Waals surface area contributed by atoms with Crippen molar-refractivity contribution >= 4 is 5.97 Å². The second kappa shape index (κ2) is 7.33. The maximum atomic E-state index is 11.9. The molecule has 4 nitrogen and oxygen atoms in total. The summed E-state index contributed by atoms with van der Waals surface area (Å²) in [7, 11) is 3.15. The average molecular weight is 286 g/mol. The van der Waals surface area contributed by atoms with Gasteiger partial charge in [-0.2, -0.15) is 0 Å². The standard InChI is InChI=1S/C17H18O4/c1-19-15-8-9-16(20-2)14(10-15)11-17(18)21-12-13-6-4-3-5-7-13/h3-10H,11-12H2,1-2H3. The zero-order valence-electron chi connectivity index (χ0n) is 12.2. The molecule has 0 heterocycles. The second-order valence-corrected chi connectivity index (χ2v) is 4.50. The topological polar surface area (TPSA) is 44.8 Å². The smallest absolute Gasteiger partial charge is 0.310 e. The molecule has 0 atom stereocenters. The van der Waals surface area contributed by atoms with Crippen LogP contribution in [0.1, 0.15) is 11.1 Å². The van der Waals surface area contributed by atoms with E-state index < -0.39 is 0 Å². The number of carbonyl (C=O) groups is 1. The first-order valence-electron chi connectivity index (χ1n) is 6.63. The molecule has 2 aromatic rings. The van der Waals surface area contributed by atoms with Crippen molar-refractivity contribution in [1.29, 1.82) is 0 Å². The predicted molar refractivity (Wildman–Crippen MR) is 79.5 cm³/mol. The van der Waals surface area contributed by atoms with E-state index in [2.05, 4.69) is 0 Å². The lowest BCUT2D eigenvalue weighted by molar-refractivity contribution is -0.144. The number of carbonyl (C=O) groups excluding carboxylic acids is 1. The van der Waals surface area contributed by atoms with Gasteiger partial charge in [-0.25, -0.2) is 0 Å². The summed E-state index contributed by atoms with van der Waals surface area (Å²) in [4.78, 5) is 11.9. The largest absolute Gasteiger partial charge is 0.497 e. The normalized spacial score (nSPS) is 10.0. The average Bonchev–Trinajstić information content (AvgIpc) is 2.54. The van der Waals surface area contributed by atoms with Crippen LogP contribution in [-0.2, 0) is 22.6 Å². The Morgan fingerprint density at radius 3 is 2.43 bits per heavy atom. The number of methoxy groups -OCH3 is 2. The summed E-state index contributed by atoms with van der Waals surface area (Å²) in [6, 6.07) is 14.9. The van der Waals surface area contributed by atoms with Crippen LogP contribution in [0.4, 0.5) is 0 Å². The first-order chi connectivity index (χ1) is 10.2. The third-order valence-electron chi connectivity index (χ3n) is 3.07. The Morgan fingerprint density at radius 1 is 1.00 bits per heavy atom. The summed E-state index contributed by atoms with van der Waals surface area (Å²) < 4.78 is 15.7. The van der Waals surface area contributed by atoms with Crippen LogP contribution in [0.2, 0.25) is 0 Å². The van der Waals surface area contributed by atoms with Gasteiger partial charge in [-0.3, -0.25) is 4.79 Å². The Morgan fingerprint density at radius 2 is 1.76 bits per heavy atom. The maximum absolute atomic E-state index is 11.9. The molecule has 0 saturated carbocycles. The summed E-state index contributed by atoms with van der Waals surface area (Å²) >= 11 is 0. The van der Waals surface area contributed by atoms with E-state index in [4.69, 9.17) is 14.2 Å². The molecule has 0 saturated heterocycles. The van der Waals surface area contributed by atoms with Crippen LogP contribution in [0.25, 0.3) is 0 Å². The number of rotatable bonds is 6. The van der Waals surface area contributed by atoms with Gasteiger partial charge in [0.2, 0.25) is 0 Å². The molecule has 21 heavy (non-hydrogen) atoms. The Bertz CT molecular complexity index is 593. The van der Waals surface area contributed by atoms with Crippen LogP contribution in [-0.4, -0.2) is 20.2 Å². The van der Waals surface area contributed by atoms with E-state index in [1.54, 1.807) is 32.4 Å². The summed E-state index contributed by atoms with van der Waals surface area (Å²) in [5.41, 5.74) is 1.71. The van der Waals surface area contributed by atoms with Crippen LogP contribution >= 0.6 is 0 Å². The fourth-order valence-electron chi connectivity index (χ4n) is 1.96. The molecule has 0 aliphatic heterocycles. The molecule has 0 aliphatic rings. The molecule has 0 amide bonds. The van der Waals surface area contributed by atoms with Gasteiger partial charge in [0.05, 0.1) is 20.6 Å². The van der Waals surface area contributed by atoms with Gasteiger partial charge in [-0.1, -0.05) is 30.3 Å². The van der Waals surface area contributed by atoms with Crippen molar-refractivity contribution in [3.05, 3.63) is 59.7 Å². The lowest BCUT2D eigenvalue weighted by atomic mass is 10.1. The van der Waals surface area contributed by atoms with E-state index >= 15 is 0 Å². The van der Waals surface area contributed by atoms with Crippen LogP contribution in [0.3, 0.4) is 0 Å². The Balaban J connectivity index is 1.99. The Labute approximate surface area is 124 Å². The highest BCUT2D eigenvalue weighted by molar-refractivity contribution is 5.73. The van der Waals surface area contributed by atoms with Crippen LogP contribution in [0.5, 0.6) is 11.5 Å². The number of ether oxygens (including phenoxy) is 3. The summed E-state index contributed by atoms with van der Waals surface area (Å²) in [6.45, 7) is 0.270. The minimum atomic E-state index is -0.301. The Hall–Kier alpha value is -2.49. The summed E-state index contributed by atoms with van der Waals surface area (Å²) in [5, 5.41) is 0. The summed E-state index contributed by atoms with van der Waals surface area (Å²) in [6.07, 6.45) is 0.146. The fourth-order valence-corrected chi connectivity index (χ4v) is 1.96. The first-order valence-corrected chi connectivity index (χ1v) is 6.63. The molecule has 0 bridgehead atoms. The molecule has 0 spiro atoms.